The summed E-state index contributed by atoms with van der Waals surface area (Å²) in [5.74, 6) is 0. The smallest absolute Gasteiger partial charge is 0.197 e. The summed E-state index contributed by atoms with van der Waals surface area (Å²) in [6, 6.07) is 0. The number of hydrogen-bond acceptors (Lipinski definition) is 0. The third kappa shape index (κ3) is 6010. The third-order valence-corrected chi connectivity index (χ3v) is 0. The van der Waals surface area contributed by atoms with Gasteiger partial charge < -0.3 is 0 Å². The Balaban J connectivity index is 0. The Labute approximate surface area is 35.9 Å². The Morgan fingerprint density at radius 3 is 1.40 bits per heavy atom. The summed E-state index contributed by atoms with van der Waals surface area (Å²) in [5.41, 5.74) is 0. The maximum Gasteiger partial charge on any atom is 0.263 e. The van der Waals surface area contributed by atoms with Gasteiger partial charge in [-0.15, -0.1) is 0 Å². The molecule has 0 saturated heterocycles. The molecule has 0 aliphatic heterocycles. The van der Waals surface area contributed by atoms with Gasteiger partial charge in [0.2, 0.25) is 0 Å². The average Bonchev–Trinajstić information content (AvgIpc) is 0.811. The summed E-state index contributed by atoms with van der Waals surface area (Å²) in [6.07, 6.45) is -1.83. The first kappa shape index (κ1) is 8.87. The van der Waals surface area contributed by atoms with Gasteiger partial charge in [0.05, 0.1) is 0 Å². The van der Waals surface area contributed by atoms with Gasteiger partial charge in [-0.1, -0.05) is 0 Å². The fourth-order valence-electron chi connectivity index (χ4n) is 0. The molecule has 0 atom stereocenters. The van der Waals surface area contributed by atoms with Crippen LogP contribution in [0.2, 0.25) is 0 Å². The molecule has 0 aromatic heterocycles. The zero-order chi connectivity index (χ0) is 3.58. The largest absolute Gasteiger partial charge is 0.263 e. The molecule has 0 bridgehead atoms. The summed E-state index contributed by atoms with van der Waals surface area (Å²) in [7, 11) is 0. The molecule has 0 aromatic rings. The van der Waals surface area contributed by atoms with Crippen LogP contribution in [0.15, 0.2) is 12.7 Å². The minimum Gasteiger partial charge on any atom is -0.197 e. The summed E-state index contributed by atoms with van der Waals surface area (Å²) < 4.78 is 20.3. The van der Waals surface area contributed by atoms with Gasteiger partial charge in [0.25, 0.3) is 6.08 Å². The van der Waals surface area contributed by atoms with E-state index in [9.17, 15) is 8.78 Å². The van der Waals surface area contributed by atoms with E-state index in [1.807, 2.05) is 0 Å². The van der Waals surface area contributed by atoms with Gasteiger partial charge in [0.1, 0.15) is 0 Å². The average molecular weight is 98.1 g/mol. The maximum atomic E-state index is 10.1. The highest BCUT2D eigenvalue weighted by Gasteiger charge is 1.65. The molecule has 0 nitrogen and oxygen atoms in total. The molecule has 0 heterocycles. The van der Waals surface area contributed by atoms with Crippen LogP contribution in [0.5, 0.6) is 0 Å². The number of halogens is 2. The van der Waals surface area contributed by atoms with Crippen molar-refractivity contribution in [3.8, 4) is 0 Å². The summed E-state index contributed by atoms with van der Waals surface area (Å²) >= 11 is 0. The van der Waals surface area contributed by atoms with Crippen molar-refractivity contribution < 1.29 is 8.78 Å². The minimum absolute atomic E-state index is 0. The van der Waals surface area contributed by atoms with Crippen LogP contribution in [-0.2, 0) is 0 Å². The molecular formula is C2H4F2S. The first-order valence-corrected chi connectivity index (χ1v) is 0.732. The quantitative estimate of drug-likeness (QED) is 0.430. The lowest BCUT2D eigenvalue weighted by Gasteiger charge is -1.54. The molecule has 0 aliphatic rings. The Bertz CT molecular complexity index is 30.6. The Kier molecular flexibility index (Phi) is 7.01. The van der Waals surface area contributed by atoms with Crippen LogP contribution < -0.4 is 0 Å². The zero-order valence-electron chi connectivity index (χ0n) is 2.46. The molecule has 0 unspecified atom stereocenters. The van der Waals surface area contributed by atoms with Crippen LogP contribution in [-0.4, -0.2) is 0 Å². The molecule has 0 spiro atoms. The van der Waals surface area contributed by atoms with Crippen molar-refractivity contribution >= 4 is 13.5 Å². The molecule has 0 rings (SSSR count). The second-order valence-electron chi connectivity index (χ2n) is 0.339. The van der Waals surface area contributed by atoms with Gasteiger partial charge in [0, 0.05) is 0 Å². The first-order chi connectivity index (χ1) is 1.73. The lowest BCUT2D eigenvalue weighted by atomic mass is 11.2. The van der Waals surface area contributed by atoms with E-state index in [0.29, 0.717) is 0 Å². The van der Waals surface area contributed by atoms with Crippen LogP contribution in [0.4, 0.5) is 8.78 Å². The van der Waals surface area contributed by atoms with Crippen molar-refractivity contribution in [1.29, 1.82) is 0 Å². The van der Waals surface area contributed by atoms with Crippen molar-refractivity contribution in [3.05, 3.63) is 12.7 Å². The molecule has 0 amide bonds. The van der Waals surface area contributed by atoms with E-state index in [1.54, 1.807) is 0 Å². The van der Waals surface area contributed by atoms with Gasteiger partial charge >= 0.3 is 0 Å². The maximum absolute atomic E-state index is 10.1. The highest BCUT2D eigenvalue weighted by molar-refractivity contribution is 7.59. The lowest BCUT2D eigenvalue weighted by Crippen LogP contribution is -1.33. The van der Waals surface area contributed by atoms with E-state index in [1.165, 1.54) is 0 Å². The number of hydrogen-bond donors (Lipinski definition) is 0. The van der Waals surface area contributed by atoms with Crippen LogP contribution in [0.3, 0.4) is 0 Å². The van der Waals surface area contributed by atoms with Crippen LogP contribution in [0, 0.1) is 0 Å². The summed E-state index contributed by atoms with van der Waals surface area (Å²) in [5, 5.41) is 0. The van der Waals surface area contributed by atoms with Crippen molar-refractivity contribution in [2.45, 2.75) is 0 Å². The van der Waals surface area contributed by atoms with Crippen molar-refractivity contribution in [2.24, 2.45) is 0 Å². The Hall–Kier alpha value is -0.0500. The van der Waals surface area contributed by atoms with E-state index >= 15 is 0 Å². The highest BCUT2D eigenvalue weighted by Crippen LogP contribution is 1.85. The molecular weight excluding hydrogens is 94.1 g/mol. The van der Waals surface area contributed by atoms with Gasteiger partial charge in [-0.3, -0.25) is 0 Å². The molecule has 0 fully saturated rings. The molecule has 0 saturated carbocycles. The third-order valence-electron chi connectivity index (χ3n) is 0. The van der Waals surface area contributed by atoms with Crippen molar-refractivity contribution in [1.82, 2.24) is 0 Å². The van der Waals surface area contributed by atoms with E-state index in [0.717, 1.165) is 0 Å². The van der Waals surface area contributed by atoms with E-state index < -0.39 is 6.08 Å². The van der Waals surface area contributed by atoms with E-state index in [-0.39, 0.29) is 13.5 Å². The molecule has 32 valence electrons. The molecule has 3 heteroatoms. The van der Waals surface area contributed by atoms with Crippen LogP contribution in [0.25, 0.3) is 0 Å². The minimum atomic E-state index is -1.83. The van der Waals surface area contributed by atoms with Gasteiger partial charge in [-0.05, 0) is 6.58 Å². The fourth-order valence-corrected chi connectivity index (χ4v) is 0. The SMILES string of the molecule is C=C(F)F.S. The van der Waals surface area contributed by atoms with Gasteiger partial charge in [-0.25, -0.2) is 0 Å². The Morgan fingerprint density at radius 1 is 1.40 bits per heavy atom. The molecule has 0 radical (unpaired) electrons. The van der Waals surface area contributed by atoms with Crippen LogP contribution >= 0.6 is 13.5 Å². The number of rotatable bonds is 0. The molecule has 0 aliphatic carbocycles. The van der Waals surface area contributed by atoms with Crippen molar-refractivity contribution in [2.75, 3.05) is 0 Å². The summed E-state index contributed by atoms with van der Waals surface area (Å²) in [4.78, 5) is 0. The van der Waals surface area contributed by atoms with E-state index in [4.69, 9.17) is 0 Å². The van der Waals surface area contributed by atoms with E-state index in [2.05, 4.69) is 6.58 Å². The fraction of sp³-hybridized carbons (Fsp3) is 0. The second-order valence-corrected chi connectivity index (χ2v) is 0.339. The second kappa shape index (κ2) is 3.95. The lowest BCUT2D eigenvalue weighted by molar-refractivity contribution is 0.426. The first-order valence-electron chi connectivity index (χ1n) is 0.732. The molecule has 0 N–H and O–H groups in total. The highest BCUT2D eigenvalue weighted by atomic mass is 32.1. The molecule has 0 aromatic carbocycles. The predicted octanol–water partition coefficient (Wildman–Crippen LogP) is 1.51. The monoisotopic (exact) mass is 98.0 g/mol. The van der Waals surface area contributed by atoms with Gasteiger partial charge in [0.15, 0.2) is 0 Å². The standard InChI is InChI=1S/C2H2F2.H2S/c1-2(3)4;/h1H2;1H2. The van der Waals surface area contributed by atoms with Crippen LogP contribution in [0.1, 0.15) is 0 Å². The Morgan fingerprint density at radius 2 is 1.40 bits per heavy atom. The zero-order valence-corrected chi connectivity index (χ0v) is 3.46. The van der Waals surface area contributed by atoms with Gasteiger partial charge in [-0.2, -0.15) is 22.3 Å². The normalized spacial score (nSPS) is 5.20. The molecule has 5 heavy (non-hydrogen) atoms. The summed E-state index contributed by atoms with van der Waals surface area (Å²) in [6.45, 7) is 2.22. The van der Waals surface area contributed by atoms with Crippen molar-refractivity contribution in [3.63, 3.8) is 0 Å². The topological polar surface area (TPSA) is 0 Å². The predicted molar refractivity (Wildman–Crippen MR) is 21.7 cm³/mol.